The van der Waals surface area contributed by atoms with Crippen LogP contribution in [-0.4, -0.2) is 18.3 Å². The summed E-state index contributed by atoms with van der Waals surface area (Å²) in [6.07, 6.45) is 0.462. The van der Waals surface area contributed by atoms with Gasteiger partial charge in [0.2, 0.25) is 0 Å². The van der Waals surface area contributed by atoms with E-state index in [0.717, 1.165) is 8.95 Å². The van der Waals surface area contributed by atoms with Crippen molar-refractivity contribution in [2.75, 3.05) is 11.9 Å². The first-order chi connectivity index (χ1) is 11.0. The van der Waals surface area contributed by atoms with E-state index in [0.29, 0.717) is 23.4 Å². The molecule has 23 heavy (non-hydrogen) atoms. The Hall–Kier alpha value is -1.66. The second-order valence-electron chi connectivity index (χ2n) is 4.76. The molecule has 0 aromatic heterocycles. The van der Waals surface area contributed by atoms with Crippen LogP contribution in [0.25, 0.3) is 0 Å². The molecule has 0 spiro atoms. The molecular formula is C17H15Br2NO3. The largest absolute Gasteiger partial charge is 0.484 e. The van der Waals surface area contributed by atoms with Crippen LogP contribution in [0.3, 0.4) is 0 Å². The number of ketones is 1. The number of ether oxygens (including phenoxy) is 1. The lowest BCUT2D eigenvalue weighted by molar-refractivity contribution is -0.118. The maximum Gasteiger partial charge on any atom is 0.262 e. The minimum atomic E-state index is -0.266. The normalized spacial score (nSPS) is 10.2. The van der Waals surface area contributed by atoms with Crippen molar-refractivity contribution in [1.82, 2.24) is 0 Å². The van der Waals surface area contributed by atoms with Crippen LogP contribution >= 0.6 is 31.9 Å². The maximum absolute atomic E-state index is 11.9. The summed E-state index contributed by atoms with van der Waals surface area (Å²) in [7, 11) is 0. The zero-order chi connectivity index (χ0) is 16.8. The van der Waals surface area contributed by atoms with Crippen molar-refractivity contribution in [3.63, 3.8) is 0 Å². The van der Waals surface area contributed by atoms with Crippen LogP contribution in [0, 0.1) is 0 Å². The van der Waals surface area contributed by atoms with E-state index in [1.807, 2.05) is 19.1 Å². The Balaban J connectivity index is 1.91. The summed E-state index contributed by atoms with van der Waals surface area (Å²) in [5, 5.41) is 2.77. The molecule has 2 aromatic carbocycles. The zero-order valence-corrected chi connectivity index (χ0v) is 15.6. The number of nitrogens with one attached hydrogen (secondary N) is 1. The molecule has 1 N–H and O–H groups in total. The molecule has 120 valence electrons. The molecule has 0 atom stereocenters. The maximum atomic E-state index is 11.9. The van der Waals surface area contributed by atoms with E-state index in [1.54, 1.807) is 30.3 Å². The number of carbonyl (C=O) groups excluding carboxylic acids is 2. The summed E-state index contributed by atoms with van der Waals surface area (Å²) in [4.78, 5) is 23.5. The first-order valence-electron chi connectivity index (χ1n) is 7.00. The van der Waals surface area contributed by atoms with Crippen molar-refractivity contribution in [3.8, 4) is 5.75 Å². The molecule has 0 saturated heterocycles. The fraction of sp³-hybridized carbons (Fsp3) is 0.176. The fourth-order valence-corrected chi connectivity index (χ4v) is 2.58. The Bertz CT molecular complexity index is 714. The summed E-state index contributed by atoms with van der Waals surface area (Å²) in [6.45, 7) is 1.71. The summed E-state index contributed by atoms with van der Waals surface area (Å²) in [5.74, 6) is 0.354. The second-order valence-corrected chi connectivity index (χ2v) is 6.53. The first-order valence-corrected chi connectivity index (χ1v) is 8.59. The molecule has 0 aliphatic rings. The van der Waals surface area contributed by atoms with Crippen LogP contribution in [0.4, 0.5) is 5.69 Å². The number of halogens is 2. The Morgan fingerprint density at radius 1 is 1.09 bits per heavy atom. The number of Topliss-reactive ketones (excluding diaryl/α,β-unsaturated/α-hetero) is 1. The van der Waals surface area contributed by atoms with Crippen LogP contribution in [0.15, 0.2) is 51.4 Å². The van der Waals surface area contributed by atoms with Gasteiger partial charge in [-0.1, -0.05) is 22.9 Å². The van der Waals surface area contributed by atoms with Gasteiger partial charge in [-0.2, -0.15) is 0 Å². The van der Waals surface area contributed by atoms with Gasteiger partial charge in [0.25, 0.3) is 5.91 Å². The molecule has 0 fully saturated rings. The summed E-state index contributed by atoms with van der Waals surface area (Å²) in [6, 6.07) is 12.3. The van der Waals surface area contributed by atoms with E-state index in [2.05, 4.69) is 37.2 Å². The van der Waals surface area contributed by atoms with Gasteiger partial charge < -0.3 is 10.1 Å². The van der Waals surface area contributed by atoms with Crippen molar-refractivity contribution >= 4 is 49.2 Å². The summed E-state index contributed by atoms with van der Waals surface area (Å²) in [5.41, 5.74) is 1.30. The third-order valence-corrected chi connectivity index (χ3v) is 4.25. The number of carbonyl (C=O) groups is 2. The lowest BCUT2D eigenvalue weighted by Crippen LogP contribution is -2.20. The highest BCUT2D eigenvalue weighted by Gasteiger charge is 2.08. The van der Waals surface area contributed by atoms with Crippen molar-refractivity contribution in [2.24, 2.45) is 0 Å². The number of benzene rings is 2. The number of hydrogen-bond donors (Lipinski definition) is 1. The Morgan fingerprint density at radius 3 is 2.43 bits per heavy atom. The van der Waals surface area contributed by atoms with E-state index < -0.39 is 0 Å². The minimum absolute atomic E-state index is 0.0776. The number of amides is 1. The zero-order valence-electron chi connectivity index (χ0n) is 12.4. The van der Waals surface area contributed by atoms with Crippen LogP contribution in [-0.2, 0) is 4.79 Å². The van der Waals surface area contributed by atoms with E-state index >= 15 is 0 Å². The average Bonchev–Trinajstić information content (AvgIpc) is 2.56. The Labute approximate surface area is 151 Å². The van der Waals surface area contributed by atoms with Crippen molar-refractivity contribution in [1.29, 1.82) is 0 Å². The lowest BCUT2D eigenvalue weighted by atomic mass is 10.1. The molecule has 0 saturated carbocycles. The number of anilines is 1. The van der Waals surface area contributed by atoms with Crippen LogP contribution < -0.4 is 10.1 Å². The minimum Gasteiger partial charge on any atom is -0.484 e. The molecule has 6 heteroatoms. The summed E-state index contributed by atoms with van der Waals surface area (Å²) < 4.78 is 7.09. The SMILES string of the molecule is CCC(=O)c1ccc(OCC(=O)Nc2cc(Br)ccc2Br)cc1. The van der Waals surface area contributed by atoms with E-state index in [9.17, 15) is 9.59 Å². The van der Waals surface area contributed by atoms with Crippen LogP contribution in [0.1, 0.15) is 23.7 Å². The predicted molar refractivity (Wildman–Crippen MR) is 97.0 cm³/mol. The smallest absolute Gasteiger partial charge is 0.262 e. The average molecular weight is 441 g/mol. The fourth-order valence-electron chi connectivity index (χ4n) is 1.87. The van der Waals surface area contributed by atoms with Crippen LogP contribution in [0.5, 0.6) is 5.75 Å². The summed E-state index contributed by atoms with van der Waals surface area (Å²) >= 11 is 6.73. The molecule has 4 nitrogen and oxygen atoms in total. The molecule has 2 rings (SSSR count). The van der Waals surface area contributed by atoms with Gasteiger partial charge in [0, 0.05) is 20.9 Å². The van der Waals surface area contributed by atoms with Gasteiger partial charge in [0.15, 0.2) is 12.4 Å². The van der Waals surface area contributed by atoms with Gasteiger partial charge in [0.1, 0.15) is 5.75 Å². The molecule has 2 aromatic rings. The molecule has 0 aliphatic heterocycles. The van der Waals surface area contributed by atoms with Gasteiger partial charge in [-0.05, 0) is 58.4 Å². The quantitative estimate of drug-likeness (QED) is 0.655. The Kier molecular flexibility index (Phi) is 6.36. The first kappa shape index (κ1) is 17.7. The molecule has 0 unspecified atom stereocenters. The molecule has 0 aliphatic carbocycles. The van der Waals surface area contributed by atoms with Gasteiger partial charge >= 0.3 is 0 Å². The Morgan fingerprint density at radius 2 is 1.78 bits per heavy atom. The third-order valence-electron chi connectivity index (χ3n) is 3.07. The highest BCUT2D eigenvalue weighted by molar-refractivity contribution is 9.11. The van der Waals surface area contributed by atoms with Crippen molar-refractivity contribution in [2.45, 2.75) is 13.3 Å². The van der Waals surface area contributed by atoms with Gasteiger partial charge in [0.05, 0.1) is 5.69 Å². The number of hydrogen-bond acceptors (Lipinski definition) is 3. The molecule has 0 heterocycles. The van der Waals surface area contributed by atoms with E-state index in [-0.39, 0.29) is 18.3 Å². The topological polar surface area (TPSA) is 55.4 Å². The third kappa shape index (κ3) is 5.18. The second kappa shape index (κ2) is 8.26. The van der Waals surface area contributed by atoms with E-state index in [4.69, 9.17) is 4.74 Å². The van der Waals surface area contributed by atoms with Crippen molar-refractivity contribution in [3.05, 3.63) is 57.0 Å². The molecule has 0 bridgehead atoms. The molecular weight excluding hydrogens is 426 g/mol. The van der Waals surface area contributed by atoms with Gasteiger partial charge in [-0.3, -0.25) is 9.59 Å². The highest BCUT2D eigenvalue weighted by atomic mass is 79.9. The predicted octanol–water partition coefficient (Wildman–Crippen LogP) is 4.82. The number of rotatable bonds is 6. The standard InChI is InChI=1S/C17H15Br2NO3/c1-2-16(21)11-3-6-13(7-4-11)23-10-17(22)20-15-9-12(18)5-8-14(15)19/h3-9H,2,10H2,1H3,(H,20,22). The van der Waals surface area contributed by atoms with E-state index in [1.165, 1.54) is 0 Å². The van der Waals surface area contributed by atoms with Gasteiger partial charge in [-0.25, -0.2) is 0 Å². The van der Waals surface area contributed by atoms with Gasteiger partial charge in [-0.15, -0.1) is 0 Å². The molecule has 0 radical (unpaired) electrons. The highest BCUT2D eigenvalue weighted by Crippen LogP contribution is 2.26. The van der Waals surface area contributed by atoms with Crippen molar-refractivity contribution < 1.29 is 14.3 Å². The lowest BCUT2D eigenvalue weighted by Gasteiger charge is -2.09. The monoisotopic (exact) mass is 439 g/mol. The molecule has 1 amide bonds. The van der Waals surface area contributed by atoms with Crippen LogP contribution in [0.2, 0.25) is 0 Å².